The number of aryl methyl sites for hydroxylation is 1. The maximum Gasteiger partial charge on any atom is 0.247 e. The highest BCUT2D eigenvalue weighted by molar-refractivity contribution is 6.20. The molecule has 3 aliphatic rings. The molecular formula is C27H26N4O2. The Bertz CT molecular complexity index is 1340. The maximum atomic E-state index is 14.0. The third-order valence-electron chi connectivity index (χ3n) is 7.04. The smallest absolute Gasteiger partial charge is 0.247 e. The van der Waals surface area contributed by atoms with Gasteiger partial charge in [0.05, 0.1) is 5.57 Å². The van der Waals surface area contributed by atoms with Crippen LogP contribution in [-0.2, 0) is 15.0 Å². The standard InChI is InChI=1S/C27H26N4O2/c1-16-8-7-9-17(12-16)31-21-13-26(2,3)14-22(32)23(21)27(19(15-28)24(31)29)18-10-5-6-11-20(18)30(4)25(27)33/h5-12H,13-14,29H2,1-4H3. The van der Waals surface area contributed by atoms with Crippen LogP contribution in [-0.4, -0.2) is 18.7 Å². The number of hydrogen-bond acceptors (Lipinski definition) is 5. The summed E-state index contributed by atoms with van der Waals surface area (Å²) >= 11 is 0. The van der Waals surface area contributed by atoms with Crippen molar-refractivity contribution in [3.63, 3.8) is 0 Å². The zero-order valence-electron chi connectivity index (χ0n) is 19.3. The second-order valence-electron chi connectivity index (χ2n) is 9.94. The van der Waals surface area contributed by atoms with E-state index in [1.165, 1.54) is 0 Å². The lowest BCUT2D eigenvalue weighted by Gasteiger charge is -2.47. The zero-order valence-corrected chi connectivity index (χ0v) is 19.3. The number of nitrogens with two attached hydrogens (primary N) is 1. The number of carbonyl (C=O) groups excluding carboxylic acids is 2. The molecular weight excluding hydrogens is 412 g/mol. The number of para-hydroxylation sites is 1. The Kier molecular flexibility index (Phi) is 4.35. The van der Waals surface area contributed by atoms with Crippen molar-refractivity contribution in [1.29, 1.82) is 5.26 Å². The van der Waals surface area contributed by atoms with E-state index in [1.54, 1.807) is 11.9 Å². The number of benzene rings is 2. The van der Waals surface area contributed by atoms with Gasteiger partial charge >= 0.3 is 0 Å². The van der Waals surface area contributed by atoms with E-state index in [-0.39, 0.29) is 28.5 Å². The molecule has 33 heavy (non-hydrogen) atoms. The molecule has 166 valence electrons. The Hall–Kier alpha value is -3.85. The van der Waals surface area contributed by atoms with Gasteiger partial charge in [-0.05, 0) is 42.5 Å². The fourth-order valence-corrected chi connectivity index (χ4v) is 5.72. The van der Waals surface area contributed by atoms with Crippen LogP contribution in [0.1, 0.15) is 37.8 Å². The summed E-state index contributed by atoms with van der Waals surface area (Å²) in [5.74, 6) is -0.226. The van der Waals surface area contributed by atoms with Gasteiger partial charge in [0.2, 0.25) is 5.91 Å². The van der Waals surface area contributed by atoms with Gasteiger partial charge in [-0.15, -0.1) is 0 Å². The summed E-state index contributed by atoms with van der Waals surface area (Å²) in [6, 6.07) is 17.4. The van der Waals surface area contributed by atoms with Gasteiger partial charge in [0.1, 0.15) is 17.3 Å². The normalized spacial score (nSPS) is 23.7. The number of nitrogens with zero attached hydrogens (tertiary/aromatic N) is 3. The molecule has 2 heterocycles. The molecule has 1 amide bonds. The molecule has 5 rings (SSSR count). The minimum atomic E-state index is -1.52. The van der Waals surface area contributed by atoms with Crippen LogP contribution in [0.15, 0.2) is 71.2 Å². The fourth-order valence-electron chi connectivity index (χ4n) is 5.72. The summed E-state index contributed by atoms with van der Waals surface area (Å²) in [4.78, 5) is 31.2. The van der Waals surface area contributed by atoms with Crippen molar-refractivity contribution in [2.45, 2.75) is 39.0 Å². The van der Waals surface area contributed by atoms with Gasteiger partial charge in [0.25, 0.3) is 0 Å². The summed E-state index contributed by atoms with van der Waals surface area (Å²) in [7, 11) is 1.69. The average Bonchev–Trinajstić information content (AvgIpc) is 2.96. The fraction of sp³-hybridized carbons (Fsp3) is 0.296. The van der Waals surface area contributed by atoms with Crippen molar-refractivity contribution < 1.29 is 9.59 Å². The van der Waals surface area contributed by atoms with E-state index in [9.17, 15) is 14.9 Å². The molecule has 6 nitrogen and oxygen atoms in total. The van der Waals surface area contributed by atoms with E-state index < -0.39 is 5.41 Å². The number of Topliss-reactive ketones (excluding diaryl/α,β-unsaturated/α-hetero) is 1. The van der Waals surface area contributed by atoms with E-state index in [1.807, 2.05) is 74.2 Å². The maximum absolute atomic E-state index is 14.0. The Morgan fingerprint density at radius 1 is 1.06 bits per heavy atom. The van der Waals surface area contributed by atoms with E-state index in [0.717, 1.165) is 11.3 Å². The Balaban J connectivity index is 1.92. The Labute approximate surface area is 193 Å². The number of allylic oxidation sites excluding steroid dienone is 1. The van der Waals surface area contributed by atoms with Gasteiger partial charge in [-0.1, -0.05) is 44.2 Å². The van der Waals surface area contributed by atoms with Crippen molar-refractivity contribution in [2.75, 3.05) is 16.8 Å². The first-order valence-electron chi connectivity index (χ1n) is 11.0. The molecule has 0 bridgehead atoms. The SMILES string of the molecule is Cc1cccc(N2C(N)=C(C#N)C3(C(=O)N(C)c4ccccc43)C3=C2CC(C)(C)CC3=O)c1. The first-order valence-corrected chi connectivity index (χ1v) is 11.0. The van der Waals surface area contributed by atoms with Crippen LogP contribution in [0.25, 0.3) is 0 Å². The first-order chi connectivity index (χ1) is 15.6. The molecule has 0 radical (unpaired) electrons. The lowest BCUT2D eigenvalue weighted by atomic mass is 9.60. The van der Waals surface area contributed by atoms with Crippen molar-refractivity contribution in [2.24, 2.45) is 11.1 Å². The zero-order chi connectivity index (χ0) is 23.7. The molecule has 0 fully saturated rings. The van der Waals surface area contributed by atoms with Crippen molar-refractivity contribution in [1.82, 2.24) is 0 Å². The number of nitriles is 1. The number of amides is 1. The minimum absolute atomic E-state index is 0.109. The number of anilines is 2. The second kappa shape index (κ2) is 6.82. The third-order valence-corrected chi connectivity index (χ3v) is 7.04. The summed E-state index contributed by atoms with van der Waals surface area (Å²) in [5.41, 5.74) is 9.25. The first kappa shape index (κ1) is 21.0. The quantitative estimate of drug-likeness (QED) is 0.725. The van der Waals surface area contributed by atoms with E-state index >= 15 is 0 Å². The molecule has 2 aromatic carbocycles. The van der Waals surface area contributed by atoms with Crippen LogP contribution < -0.4 is 15.5 Å². The van der Waals surface area contributed by atoms with Crippen LogP contribution in [0.4, 0.5) is 11.4 Å². The lowest BCUT2D eigenvalue weighted by molar-refractivity contribution is -0.124. The topological polar surface area (TPSA) is 90.4 Å². The van der Waals surface area contributed by atoms with E-state index in [2.05, 4.69) is 6.07 Å². The van der Waals surface area contributed by atoms with Crippen molar-refractivity contribution in [3.8, 4) is 6.07 Å². The highest BCUT2D eigenvalue weighted by Crippen LogP contribution is 2.58. The Morgan fingerprint density at radius 3 is 2.48 bits per heavy atom. The number of ketones is 1. The van der Waals surface area contributed by atoms with Crippen LogP contribution in [0.2, 0.25) is 0 Å². The molecule has 0 saturated heterocycles. The molecule has 2 N–H and O–H groups in total. The van der Waals surface area contributed by atoms with Crippen LogP contribution in [0, 0.1) is 23.7 Å². The van der Waals surface area contributed by atoms with Crippen LogP contribution in [0.5, 0.6) is 0 Å². The predicted molar refractivity (Wildman–Crippen MR) is 127 cm³/mol. The molecule has 0 saturated carbocycles. The lowest BCUT2D eigenvalue weighted by Crippen LogP contribution is -2.53. The molecule has 1 spiro atoms. The third kappa shape index (κ3) is 2.65. The highest BCUT2D eigenvalue weighted by atomic mass is 16.2. The van der Waals surface area contributed by atoms with Gasteiger partial charge in [0.15, 0.2) is 5.78 Å². The molecule has 2 aromatic rings. The molecule has 1 aliphatic carbocycles. The second-order valence-corrected chi connectivity index (χ2v) is 9.94. The molecule has 6 heteroatoms. The number of hydrogen-bond donors (Lipinski definition) is 1. The van der Waals surface area contributed by atoms with Crippen molar-refractivity contribution in [3.05, 3.63) is 82.3 Å². The van der Waals surface area contributed by atoms with E-state index in [0.29, 0.717) is 35.4 Å². The monoisotopic (exact) mass is 438 g/mol. The van der Waals surface area contributed by atoms with Crippen LogP contribution in [0.3, 0.4) is 0 Å². The molecule has 0 aromatic heterocycles. The summed E-state index contributed by atoms with van der Waals surface area (Å²) < 4.78 is 0. The van der Waals surface area contributed by atoms with E-state index in [4.69, 9.17) is 5.73 Å². The van der Waals surface area contributed by atoms with Gasteiger partial charge in [0, 0.05) is 41.7 Å². The van der Waals surface area contributed by atoms with Gasteiger partial charge in [-0.25, -0.2) is 0 Å². The van der Waals surface area contributed by atoms with Gasteiger partial charge in [-0.3, -0.25) is 14.5 Å². The number of carbonyl (C=O) groups is 2. The molecule has 2 aliphatic heterocycles. The van der Waals surface area contributed by atoms with Gasteiger partial charge < -0.3 is 10.6 Å². The highest BCUT2D eigenvalue weighted by Gasteiger charge is 2.62. The number of likely N-dealkylation sites (N-methyl/N-ethyl adjacent to an activating group) is 1. The number of rotatable bonds is 1. The molecule has 1 unspecified atom stereocenters. The summed E-state index contributed by atoms with van der Waals surface area (Å²) in [6.07, 6.45) is 0.856. The molecule has 1 atom stereocenters. The largest absolute Gasteiger partial charge is 0.384 e. The minimum Gasteiger partial charge on any atom is -0.384 e. The van der Waals surface area contributed by atoms with Crippen LogP contribution >= 0.6 is 0 Å². The predicted octanol–water partition coefficient (Wildman–Crippen LogP) is 4.07. The van der Waals surface area contributed by atoms with Gasteiger partial charge in [-0.2, -0.15) is 5.26 Å². The van der Waals surface area contributed by atoms with Crippen molar-refractivity contribution >= 4 is 23.1 Å². The Morgan fingerprint density at radius 2 is 1.79 bits per heavy atom. The average molecular weight is 439 g/mol. The number of fused-ring (bicyclic) bond motifs is 3. The summed E-state index contributed by atoms with van der Waals surface area (Å²) in [6.45, 7) is 6.08. The summed E-state index contributed by atoms with van der Waals surface area (Å²) in [5, 5.41) is 10.4.